The Morgan fingerprint density at radius 2 is 2.12 bits per heavy atom. The van der Waals surface area contributed by atoms with Crippen molar-refractivity contribution in [1.29, 1.82) is 0 Å². The Hall–Kier alpha value is -0.190. The molecule has 0 unspecified atom stereocenters. The highest BCUT2D eigenvalue weighted by molar-refractivity contribution is 8.00. The van der Waals surface area contributed by atoms with E-state index in [1.165, 1.54) is 0 Å². The Morgan fingerprint density at radius 3 is 2.62 bits per heavy atom. The van der Waals surface area contributed by atoms with Gasteiger partial charge in [0.25, 0.3) is 0 Å². The molecule has 5 heteroatoms. The maximum absolute atomic E-state index is 4.30. The first kappa shape index (κ1) is 15.8. The van der Waals surface area contributed by atoms with Gasteiger partial charge in [-0.3, -0.25) is 4.68 Å². The Bertz CT molecular complexity index is 294. The Morgan fingerprint density at radius 1 is 1.44 bits per heavy atom. The number of aryl methyl sites for hydroxylation is 1. The van der Waals surface area contributed by atoms with Gasteiger partial charge in [-0.2, -0.15) is 16.9 Å². The SMILES string of the molecule is Cl.Cn1ccc(CNCCSC(C)(C)C)n1. The van der Waals surface area contributed by atoms with E-state index in [0.29, 0.717) is 4.75 Å². The molecule has 1 heterocycles. The number of rotatable bonds is 5. The van der Waals surface area contributed by atoms with E-state index in [1.54, 1.807) is 0 Å². The van der Waals surface area contributed by atoms with Crippen molar-refractivity contribution in [2.45, 2.75) is 32.1 Å². The zero-order valence-corrected chi connectivity index (χ0v) is 12.1. The van der Waals surface area contributed by atoms with Gasteiger partial charge in [0.1, 0.15) is 0 Å². The third-order valence-corrected chi connectivity index (χ3v) is 3.16. The lowest BCUT2D eigenvalue weighted by Crippen LogP contribution is -2.19. The topological polar surface area (TPSA) is 29.9 Å². The van der Waals surface area contributed by atoms with Crippen LogP contribution >= 0.6 is 24.2 Å². The number of aromatic nitrogens is 2. The lowest BCUT2D eigenvalue weighted by molar-refractivity contribution is 0.678. The van der Waals surface area contributed by atoms with E-state index in [9.17, 15) is 0 Å². The van der Waals surface area contributed by atoms with Gasteiger partial charge in [-0.15, -0.1) is 12.4 Å². The molecule has 1 aromatic heterocycles. The molecule has 94 valence electrons. The van der Waals surface area contributed by atoms with Crippen LogP contribution in [-0.4, -0.2) is 26.8 Å². The summed E-state index contributed by atoms with van der Waals surface area (Å²) in [6.45, 7) is 8.65. The van der Waals surface area contributed by atoms with Crippen molar-refractivity contribution in [3.05, 3.63) is 18.0 Å². The summed E-state index contributed by atoms with van der Waals surface area (Å²) in [4.78, 5) is 0. The van der Waals surface area contributed by atoms with Crippen LogP contribution in [0.3, 0.4) is 0 Å². The fourth-order valence-electron chi connectivity index (χ4n) is 1.20. The summed E-state index contributed by atoms with van der Waals surface area (Å²) < 4.78 is 2.20. The summed E-state index contributed by atoms with van der Waals surface area (Å²) in [7, 11) is 1.94. The summed E-state index contributed by atoms with van der Waals surface area (Å²) in [6, 6.07) is 2.05. The first-order chi connectivity index (χ1) is 6.97. The summed E-state index contributed by atoms with van der Waals surface area (Å²) in [6.07, 6.45) is 1.97. The van der Waals surface area contributed by atoms with Gasteiger partial charge in [-0.25, -0.2) is 0 Å². The second-order valence-electron chi connectivity index (χ2n) is 4.62. The summed E-state index contributed by atoms with van der Waals surface area (Å²) in [5, 5.41) is 7.70. The first-order valence-corrected chi connectivity index (χ1v) is 6.29. The first-order valence-electron chi connectivity index (χ1n) is 5.30. The maximum atomic E-state index is 4.30. The molecule has 0 aliphatic rings. The van der Waals surface area contributed by atoms with Gasteiger partial charge in [0.2, 0.25) is 0 Å². The van der Waals surface area contributed by atoms with E-state index in [1.807, 2.05) is 35.8 Å². The van der Waals surface area contributed by atoms with Crippen LogP contribution in [0.5, 0.6) is 0 Å². The van der Waals surface area contributed by atoms with E-state index in [4.69, 9.17) is 0 Å². The maximum Gasteiger partial charge on any atom is 0.0762 e. The minimum Gasteiger partial charge on any atom is -0.310 e. The molecule has 0 aliphatic carbocycles. The minimum atomic E-state index is 0. The predicted octanol–water partition coefficient (Wildman–Crippen LogP) is 2.46. The standard InChI is InChI=1S/C11H21N3S.ClH/c1-11(2,3)15-8-6-12-9-10-5-7-14(4)13-10;/h5,7,12H,6,8-9H2,1-4H3;1H. The third kappa shape index (κ3) is 7.14. The van der Waals surface area contributed by atoms with Gasteiger partial charge in [-0.1, -0.05) is 20.8 Å². The molecule has 1 aromatic rings. The number of halogens is 1. The fraction of sp³-hybridized carbons (Fsp3) is 0.727. The van der Waals surface area contributed by atoms with Crippen LogP contribution in [-0.2, 0) is 13.6 Å². The van der Waals surface area contributed by atoms with Gasteiger partial charge >= 0.3 is 0 Å². The normalized spacial score (nSPS) is 11.2. The summed E-state index contributed by atoms with van der Waals surface area (Å²) >= 11 is 1.99. The van der Waals surface area contributed by atoms with Crippen molar-refractivity contribution in [2.75, 3.05) is 12.3 Å². The molecule has 0 fully saturated rings. The van der Waals surface area contributed by atoms with Crippen LogP contribution in [0.4, 0.5) is 0 Å². The van der Waals surface area contributed by atoms with Crippen LogP contribution in [0.15, 0.2) is 12.3 Å². The molecule has 0 amide bonds. The zero-order valence-electron chi connectivity index (χ0n) is 10.5. The average Bonchev–Trinajstić information content (AvgIpc) is 2.49. The number of nitrogens with one attached hydrogen (secondary N) is 1. The summed E-state index contributed by atoms with van der Waals surface area (Å²) in [5.41, 5.74) is 1.11. The van der Waals surface area contributed by atoms with Crippen molar-refractivity contribution >= 4 is 24.2 Å². The van der Waals surface area contributed by atoms with Crippen LogP contribution in [0.2, 0.25) is 0 Å². The zero-order chi connectivity index (χ0) is 11.3. The number of nitrogens with zero attached hydrogens (tertiary/aromatic N) is 2. The van der Waals surface area contributed by atoms with Crippen LogP contribution in [0.25, 0.3) is 0 Å². The predicted molar refractivity (Wildman–Crippen MR) is 74.4 cm³/mol. The molecule has 0 saturated heterocycles. The molecule has 0 atom stereocenters. The van der Waals surface area contributed by atoms with Gasteiger partial charge in [-0.05, 0) is 6.07 Å². The van der Waals surface area contributed by atoms with E-state index >= 15 is 0 Å². The summed E-state index contributed by atoms with van der Waals surface area (Å²) in [5.74, 6) is 1.15. The second-order valence-corrected chi connectivity index (χ2v) is 6.54. The van der Waals surface area contributed by atoms with Crippen molar-refractivity contribution in [3.8, 4) is 0 Å². The minimum absolute atomic E-state index is 0. The van der Waals surface area contributed by atoms with Crippen molar-refractivity contribution in [3.63, 3.8) is 0 Å². The molecule has 0 radical (unpaired) electrons. The number of thioether (sulfide) groups is 1. The number of hydrogen-bond acceptors (Lipinski definition) is 3. The van der Waals surface area contributed by atoms with E-state index in [2.05, 4.69) is 31.2 Å². The van der Waals surface area contributed by atoms with Gasteiger partial charge in [0.05, 0.1) is 5.69 Å². The molecule has 1 rings (SSSR count). The van der Waals surface area contributed by atoms with E-state index in [0.717, 1.165) is 24.5 Å². The molecule has 0 aliphatic heterocycles. The molecule has 0 spiro atoms. The molecule has 0 saturated carbocycles. The van der Waals surface area contributed by atoms with Crippen molar-refractivity contribution in [2.24, 2.45) is 7.05 Å². The van der Waals surface area contributed by atoms with Crippen molar-refractivity contribution in [1.82, 2.24) is 15.1 Å². The lowest BCUT2D eigenvalue weighted by Gasteiger charge is -2.17. The largest absolute Gasteiger partial charge is 0.310 e. The van der Waals surface area contributed by atoms with Crippen LogP contribution in [0.1, 0.15) is 26.5 Å². The molecule has 16 heavy (non-hydrogen) atoms. The average molecular weight is 264 g/mol. The molecular formula is C11H22ClN3S. The highest BCUT2D eigenvalue weighted by atomic mass is 35.5. The van der Waals surface area contributed by atoms with Crippen LogP contribution < -0.4 is 5.32 Å². The number of hydrogen-bond donors (Lipinski definition) is 1. The van der Waals surface area contributed by atoms with E-state index < -0.39 is 0 Å². The monoisotopic (exact) mass is 263 g/mol. The van der Waals surface area contributed by atoms with Gasteiger partial charge < -0.3 is 5.32 Å². The Labute approximate surface area is 109 Å². The fourth-order valence-corrected chi connectivity index (χ4v) is 2.06. The van der Waals surface area contributed by atoms with E-state index in [-0.39, 0.29) is 12.4 Å². The highest BCUT2D eigenvalue weighted by Crippen LogP contribution is 2.21. The Kier molecular flexibility index (Phi) is 7.11. The van der Waals surface area contributed by atoms with Gasteiger partial charge in [0, 0.05) is 36.8 Å². The molecule has 0 bridgehead atoms. The van der Waals surface area contributed by atoms with Crippen molar-refractivity contribution < 1.29 is 0 Å². The lowest BCUT2D eigenvalue weighted by atomic mass is 10.3. The second kappa shape index (κ2) is 7.20. The Balaban J connectivity index is 0.00000225. The van der Waals surface area contributed by atoms with Crippen LogP contribution in [0, 0.1) is 0 Å². The quantitative estimate of drug-likeness (QED) is 0.828. The smallest absolute Gasteiger partial charge is 0.0762 e. The molecule has 0 aromatic carbocycles. The third-order valence-electron chi connectivity index (χ3n) is 1.89. The molecule has 1 N–H and O–H groups in total. The molecule has 3 nitrogen and oxygen atoms in total. The highest BCUT2D eigenvalue weighted by Gasteiger charge is 2.09. The van der Waals surface area contributed by atoms with Gasteiger partial charge in [0.15, 0.2) is 0 Å². The molecular weight excluding hydrogens is 242 g/mol.